The summed E-state index contributed by atoms with van der Waals surface area (Å²) in [5.41, 5.74) is 6.71. The van der Waals surface area contributed by atoms with Gasteiger partial charge in [-0.1, -0.05) is 54.1 Å². The van der Waals surface area contributed by atoms with Crippen LogP contribution in [0.3, 0.4) is 0 Å². The molecule has 0 radical (unpaired) electrons. The van der Waals surface area contributed by atoms with Gasteiger partial charge in [0.25, 0.3) is 5.91 Å². The molecule has 1 N–H and O–H groups in total. The molecule has 5 rings (SSSR count). The highest BCUT2D eigenvalue weighted by molar-refractivity contribution is 6.36. The van der Waals surface area contributed by atoms with E-state index in [0.717, 1.165) is 33.9 Å². The van der Waals surface area contributed by atoms with Crippen LogP contribution in [-0.4, -0.2) is 10.5 Å². The average molecular weight is 399 g/mol. The van der Waals surface area contributed by atoms with E-state index in [-0.39, 0.29) is 5.91 Å². The number of amides is 1. The molecular weight excluding hydrogens is 380 g/mol. The third kappa shape index (κ3) is 2.86. The standard InChI is InChI=1S/C25H19ClN2O/c1-15-12-18(13-22-21-11-10-19(26)14-23(21)27-25(22)29)16(2)28(15)24-9-5-7-17-6-3-4-8-20(17)24/h3-14H,1-2H3,(H,27,29)/b22-13+. The molecule has 4 heteroatoms. The maximum Gasteiger partial charge on any atom is 0.256 e. The van der Waals surface area contributed by atoms with E-state index in [1.807, 2.05) is 18.2 Å². The summed E-state index contributed by atoms with van der Waals surface area (Å²) in [6.07, 6.45) is 1.97. The van der Waals surface area contributed by atoms with Crippen molar-refractivity contribution < 1.29 is 4.79 Å². The Labute approximate surface area is 174 Å². The summed E-state index contributed by atoms with van der Waals surface area (Å²) in [7, 11) is 0. The smallest absolute Gasteiger partial charge is 0.256 e. The monoisotopic (exact) mass is 398 g/mol. The highest BCUT2D eigenvalue weighted by atomic mass is 35.5. The summed E-state index contributed by atoms with van der Waals surface area (Å²) in [4.78, 5) is 12.6. The van der Waals surface area contributed by atoms with Gasteiger partial charge in [0.1, 0.15) is 0 Å². The number of anilines is 1. The number of nitrogens with zero attached hydrogens (tertiary/aromatic N) is 1. The lowest BCUT2D eigenvalue weighted by atomic mass is 10.0. The predicted octanol–water partition coefficient (Wildman–Crippen LogP) is 6.39. The van der Waals surface area contributed by atoms with Gasteiger partial charge in [0.15, 0.2) is 0 Å². The molecular formula is C25H19ClN2O. The molecule has 0 spiro atoms. The van der Waals surface area contributed by atoms with E-state index in [2.05, 4.69) is 72.3 Å². The number of aromatic nitrogens is 1. The van der Waals surface area contributed by atoms with Crippen LogP contribution in [0.25, 0.3) is 28.1 Å². The maximum absolute atomic E-state index is 12.6. The second kappa shape index (κ2) is 6.64. The largest absolute Gasteiger partial charge is 0.321 e. The van der Waals surface area contributed by atoms with Gasteiger partial charge in [0.2, 0.25) is 0 Å². The molecule has 0 atom stereocenters. The number of halogens is 1. The Balaban J connectivity index is 1.67. The molecule has 0 unspecified atom stereocenters. The summed E-state index contributed by atoms with van der Waals surface area (Å²) in [5, 5.41) is 5.93. The first-order valence-corrected chi connectivity index (χ1v) is 9.91. The van der Waals surface area contributed by atoms with E-state index in [9.17, 15) is 4.79 Å². The van der Waals surface area contributed by atoms with Gasteiger partial charge >= 0.3 is 0 Å². The van der Waals surface area contributed by atoms with E-state index < -0.39 is 0 Å². The number of hydrogen-bond acceptors (Lipinski definition) is 1. The van der Waals surface area contributed by atoms with Crippen molar-refractivity contribution in [2.75, 3.05) is 5.32 Å². The van der Waals surface area contributed by atoms with Gasteiger partial charge in [-0.15, -0.1) is 0 Å². The minimum Gasteiger partial charge on any atom is -0.321 e. The van der Waals surface area contributed by atoms with Gasteiger partial charge in [-0.25, -0.2) is 0 Å². The molecule has 3 aromatic carbocycles. The normalized spacial score (nSPS) is 14.4. The zero-order valence-corrected chi connectivity index (χ0v) is 16.9. The van der Waals surface area contributed by atoms with Crippen LogP contribution in [0.2, 0.25) is 5.02 Å². The van der Waals surface area contributed by atoms with Gasteiger partial charge < -0.3 is 9.88 Å². The van der Waals surface area contributed by atoms with Gasteiger partial charge in [0, 0.05) is 32.9 Å². The number of carbonyl (C=O) groups is 1. The molecule has 1 aliphatic rings. The van der Waals surface area contributed by atoms with Crippen LogP contribution in [0.5, 0.6) is 0 Å². The quantitative estimate of drug-likeness (QED) is 0.390. The molecule has 0 saturated carbocycles. The third-order valence-electron chi connectivity index (χ3n) is 5.54. The molecule has 0 aliphatic carbocycles. The Kier molecular flexibility index (Phi) is 4.07. The van der Waals surface area contributed by atoms with Gasteiger partial charge in [-0.05, 0) is 55.1 Å². The van der Waals surface area contributed by atoms with Crippen molar-refractivity contribution in [3.05, 3.63) is 94.3 Å². The fourth-order valence-electron chi connectivity index (χ4n) is 4.17. The summed E-state index contributed by atoms with van der Waals surface area (Å²) < 4.78 is 2.25. The molecule has 29 heavy (non-hydrogen) atoms. The van der Waals surface area contributed by atoms with Crippen LogP contribution in [-0.2, 0) is 4.79 Å². The summed E-state index contributed by atoms with van der Waals surface area (Å²) in [6, 6.07) is 22.4. The lowest BCUT2D eigenvalue weighted by Crippen LogP contribution is -2.03. The molecule has 1 aromatic heterocycles. The predicted molar refractivity (Wildman–Crippen MR) is 121 cm³/mol. The zero-order chi connectivity index (χ0) is 20.1. The van der Waals surface area contributed by atoms with Crippen LogP contribution in [0.1, 0.15) is 22.5 Å². The Morgan fingerprint density at radius 2 is 1.76 bits per heavy atom. The first kappa shape index (κ1) is 17.8. The Bertz CT molecular complexity index is 1320. The Hall–Kier alpha value is -3.30. The minimum absolute atomic E-state index is 0.0998. The van der Waals surface area contributed by atoms with Crippen LogP contribution in [0.15, 0.2) is 66.7 Å². The molecule has 4 aromatic rings. The van der Waals surface area contributed by atoms with E-state index >= 15 is 0 Å². The average Bonchev–Trinajstić information content (AvgIpc) is 3.16. The molecule has 0 fully saturated rings. The van der Waals surface area contributed by atoms with Crippen molar-refractivity contribution in [3.63, 3.8) is 0 Å². The fraction of sp³-hybridized carbons (Fsp3) is 0.0800. The Morgan fingerprint density at radius 1 is 0.966 bits per heavy atom. The number of carbonyl (C=O) groups excluding carboxylic acids is 1. The SMILES string of the molecule is Cc1cc(/C=C2/C(=O)Nc3cc(Cl)ccc32)c(C)n1-c1cccc2ccccc12. The van der Waals surface area contributed by atoms with Gasteiger partial charge in [0.05, 0.1) is 11.4 Å². The van der Waals surface area contributed by atoms with Crippen molar-refractivity contribution in [2.45, 2.75) is 13.8 Å². The molecule has 2 heterocycles. The molecule has 142 valence electrons. The summed E-state index contributed by atoms with van der Waals surface area (Å²) >= 11 is 6.07. The maximum atomic E-state index is 12.6. The third-order valence-corrected chi connectivity index (χ3v) is 5.78. The number of fused-ring (bicyclic) bond motifs is 2. The molecule has 0 saturated heterocycles. The second-order valence-electron chi connectivity index (χ2n) is 7.36. The fourth-order valence-corrected chi connectivity index (χ4v) is 4.35. The van der Waals surface area contributed by atoms with E-state index in [0.29, 0.717) is 10.6 Å². The lowest BCUT2D eigenvalue weighted by molar-refractivity contribution is -0.110. The van der Waals surface area contributed by atoms with Crippen LogP contribution in [0.4, 0.5) is 5.69 Å². The second-order valence-corrected chi connectivity index (χ2v) is 7.80. The van der Waals surface area contributed by atoms with E-state index in [1.165, 1.54) is 10.8 Å². The molecule has 3 nitrogen and oxygen atoms in total. The highest BCUT2D eigenvalue weighted by Gasteiger charge is 2.25. The van der Waals surface area contributed by atoms with E-state index in [1.54, 1.807) is 6.07 Å². The van der Waals surface area contributed by atoms with Gasteiger partial charge in [-0.2, -0.15) is 0 Å². The van der Waals surface area contributed by atoms with Crippen molar-refractivity contribution >= 4 is 45.6 Å². The Morgan fingerprint density at radius 3 is 2.62 bits per heavy atom. The highest BCUT2D eigenvalue weighted by Crippen LogP contribution is 2.36. The summed E-state index contributed by atoms with van der Waals surface area (Å²) in [5.74, 6) is -0.0998. The van der Waals surface area contributed by atoms with E-state index in [4.69, 9.17) is 11.6 Å². The van der Waals surface area contributed by atoms with Gasteiger partial charge in [-0.3, -0.25) is 4.79 Å². The van der Waals surface area contributed by atoms with Crippen molar-refractivity contribution in [3.8, 4) is 5.69 Å². The number of benzene rings is 3. The zero-order valence-electron chi connectivity index (χ0n) is 16.2. The number of aryl methyl sites for hydroxylation is 1. The first-order chi connectivity index (χ1) is 14.0. The summed E-state index contributed by atoms with van der Waals surface area (Å²) in [6.45, 7) is 4.19. The van der Waals surface area contributed by atoms with Crippen LogP contribution >= 0.6 is 11.6 Å². The van der Waals surface area contributed by atoms with Crippen LogP contribution < -0.4 is 5.32 Å². The lowest BCUT2D eigenvalue weighted by Gasteiger charge is -2.13. The van der Waals surface area contributed by atoms with Crippen molar-refractivity contribution in [2.24, 2.45) is 0 Å². The number of rotatable bonds is 2. The molecule has 0 bridgehead atoms. The number of hydrogen-bond donors (Lipinski definition) is 1. The number of nitrogens with one attached hydrogen (secondary N) is 1. The molecule has 1 aliphatic heterocycles. The first-order valence-electron chi connectivity index (χ1n) is 9.53. The van der Waals surface area contributed by atoms with Crippen molar-refractivity contribution in [1.29, 1.82) is 0 Å². The minimum atomic E-state index is -0.0998. The van der Waals surface area contributed by atoms with Crippen LogP contribution in [0, 0.1) is 13.8 Å². The van der Waals surface area contributed by atoms with Crippen molar-refractivity contribution in [1.82, 2.24) is 4.57 Å². The topological polar surface area (TPSA) is 34.0 Å². The molecule has 1 amide bonds.